The van der Waals surface area contributed by atoms with Crippen LogP contribution in [0.5, 0.6) is 5.75 Å². The zero-order valence-electron chi connectivity index (χ0n) is 19.4. The van der Waals surface area contributed by atoms with Crippen LogP contribution in [-0.2, 0) is 0 Å². The highest BCUT2D eigenvalue weighted by molar-refractivity contribution is 6.01. The van der Waals surface area contributed by atoms with Crippen LogP contribution in [0.15, 0.2) is 59.7 Å². The normalized spacial score (nSPS) is 17.7. The van der Waals surface area contributed by atoms with Gasteiger partial charge in [0, 0.05) is 17.3 Å². The van der Waals surface area contributed by atoms with Crippen molar-refractivity contribution >= 4 is 28.6 Å². The van der Waals surface area contributed by atoms with Crippen molar-refractivity contribution in [2.24, 2.45) is 5.10 Å². The van der Waals surface area contributed by atoms with E-state index in [0.29, 0.717) is 12.0 Å². The first-order valence-electron chi connectivity index (χ1n) is 11.2. The van der Waals surface area contributed by atoms with E-state index >= 15 is 0 Å². The summed E-state index contributed by atoms with van der Waals surface area (Å²) < 4.78 is 0. The van der Waals surface area contributed by atoms with Gasteiger partial charge in [0.15, 0.2) is 0 Å². The molecule has 4 rings (SSSR count). The number of carbonyl (C=O) groups is 1. The van der Waals surface area contributed by atoms with Crippen LogP contribution < -0.4 is 10.3 Å². The van der Waals surface area contributed by atoms with Crippen molar-refractivity contribution in [1.29, 1.82) is 0 Å². The fraction of sp³-hybridized carbons (Fsp3) is 0.333. The molecule has 0 radical (unpaired) electrons. The SMILES string of the molecule is CC(C)N1c2ccc(/C=N\NC(=O)c3cc4ccccc4cc3O)cc2[C@@H](C)CC1(C)C. The summed E-state index contributed by atoms with van der Waals surface area (Å²) in [5, 5.41) is 16.2. The third kappa shape index (κ3) is 4.07. The number of fused-ring (bicyclic) bond motifs is 2. The molecule has 0 saturated heterocycles. The number of nitrogens with zero attached hydrogens (tertiary/aromatic N) is 2. The fourth-order valence-electron chi connectivity index (χ4n) is 5.16. The van der Waals surface area contributed by atoms with Gasteiger partial charge < -0.3 is 10.0 Å². The van der Waals surface area contributed by atoms with E-state index in [2.05, 4.69) is 62.2 Å². The summed E-state index contributed by atoms with van der Waals surface area (Å²) >= 11 is 0. The van der Waals surface area contributed by atoms with Crippen LogP contribution in [0.25, 0.3) is 10.8 Å². The van der Waals surface area contributed by atoms with E-state index in [1.807, 2.05) is 30.3 Å². The molecule has 166 valence electrons. The lowest BCUT2D eigenvalue weighted by atomic mass is 9.79. The van der Waals surface area contributed by atoms with Crippen LogP contribution in [-0.4, -0.2) is 28.8 Å². The summed E-state index contributed by atoms with van der Waals surface area (Å²) in [5.74, 6) is -0.0635. The van der Waals surface area contributed by atoms with Gasteiger partial charge in [0.25, 0.3) is 5.91 Å². The molecule has 1 aliphatic rings. The molecule has 0 fully saturated rings. The molecule has 2 N–H and O–H groups in total. The second-order valence-electron chi connectivity index (χ2n) is 9.62. The van der Waals surface area contributed by atoms with E-state index in [9.17, 15) is 9.90 Å². The van der Waals surface area contributed by atoms with Crippen molar-refractivity contribution < 1.29 is 9.90 Å². The molecule has 1 atom stereocenters. The molecule has 5 nitrogen and oxygen atoms in total. The van der Waals surface area contributed by atoms with E-state index in [-0.39, 0.29) is 16.9 Å². The van der Waals surface area contributed by atoms with E-state index in [4.69, 9.17) is 0 Å². The van der Waals surface area contributed by atoms with Crippen LogP contribution in [0, 0.1) is 0 Å². The van der Waals surface area contributed by atoms with E-state index < -0.39 is 5.91 Å². The lowest BCUT2D eigenvalue weighted by Gasteiger charge is -2.50. The molecule has 1 heterocycles. The minimum absolute atomic E-state index is 0.0598. The number of nitrogens with one attached hydrogen (secondary N) is 1. The second-order valence-corrected chi connectivity index (χ2v) is 9.62. The smallest absolute Gasteiger partial charge is 0.275 e. The topological polar surface area (TPSA) is 64.9 Å². The number of rotatable bonds is 4. The van der Waals surface area contributed by atoms with Crippen molar-refractivity contribution in [3.05, 3.63) is 71.3 Å². The number of hydrogen-bond acceptors (Lipinski definition) is 4. The first-order chi connectivity index (χ1) is 15.2. The Hall–Kier alpha value is -3.34. The van der Waals surface area contributed by atoms with Gasteiger partial charge in [-0.15, -0.1) is 0 Å². The van der Waals surface area contributed by atoms with Crippen LogP contribution >= 0.6 is 0 Å². The van der Waals surface area contributed by atoms with Crippen LogP contribution in [0.3, 0.4) is 0 Å². The average Bonchev–Trinajstić information content (AvgIpc) is 2.72. The van der Waals surface area contributed by atoms with E-state index in [1.54, 1.807) is 18.3 Å². The zero-order valence-corrected chi connectivity index (χ0v) is 19.4. The first-order valence-corrected chi connectivity index (χ1v) is 11.2. The monoisotopic (exact) mass is 429 g/mol. The van der Waals surface area contributed by atoms with Crippen molar-refractivity contribution in [3.8, 4) is 5.75 Å². The minimum atomic E-state index is -0.441. The number of hydrogen-bond donors (Lipinski definition) is 2. The van der Waals surface area contributed by atoms with Gasteiger partial charge in [0.05, 0.1) is 11.8 Å². The molecule has 0 aromatic heterocycles. The van der Waals surface area contributed by atoms with Crippen LogP contribution in [0.2, 0.25) is 0 Å². The Morgan fingerprint density at radius 3 is 2.53 bits per heavy atom. The molecule has 0 aliphatic carbocycles. The molecule has 5 heteroatoms. The summed E-state index contributed by atoms with van der Waals surface area (Å²) in [6, 6.07) is 17.6. The Morgan fingerprint density at radius 2 is 1.84 bits per heavy atom. The van der Waals surface area contributed by atoms with Gasteiger partial charge in [0.1, 0.15) is 5.75 Å². The van der Waals surface area contributed by atoms with Gasteiger partial charge in [0.2, 0.25) is 0 Å². The van der Waals surface area contributed by atoms with E-state index in [1.165, 1.54) is 11.3 Å². The van der Waals surface area contributed by atoms with Gasteiger partial charge >= 0.3 is 0 Å². The van der Waals surface area contributed by atoms with Gasteiger partial charge in [-0.2, -0.15) is 5.10 Å². The number of anilines is 1. The molecule has 1 aliphatic heterocycles. The predicted octanol–water partition coefficient (Wildman–Crippen LogP) is 5.81. The number of phenols is 1. The maximum absolute atomic E-state index is 12.6. The highest BCUT2D eigenvalue weighted by Crippen LogP contribution is 2.44. The van der Waals surface area contributed by atoms with Crippen LogP contribution in [0.4, 0.5) is 5.69 Å². The zero-order chi connectivity index (χ0) is 23.0. The Labute approximate surface area is 189 Å². The number of benzene rings is 3. The molecule has 0 saturated carbocycles. The van der Waals surface area contributed by atoms with Crippen molar-refractivity contribution in [2.75, 3.05) is 4.90 Å². The average molecular weight is 430 g/mol. The highest BCUT2D eigenvalue weighted by Gasteiger charge is 2.37. The third-order valence-corrected chi connectivity index (χ3v) is 6.30. The molecule has 0 bridgehead atoms. The van der Waals surface area contributed by atoms with Gasteiger partial charge in [-0.25, -0.2) is 5.43 Å². The molecule has 0 unspecified atom stereocenters. The number of carbonyl (C=O) groups excluding carboxylic acids is 1. The fourth-order valence-corrected chi connectivity index (χ4v) is 5.16. The number of amides is 1. The standard InChI is InChI=1S/C27H31N3O2/c1-17(2)30-24-11-10-19(12-22(24)18(3)15-27(30,4)5)16-28-29-26(32)23-13-20-8-6-7-9-21(20)14-25(23)31/h6-14,16-18,31H,15H2,1-5H3,(H,29,32)/b28-16-/t18-/m0/s1. The third-order valence-electron chi connectivity index (χ3n) is 6.30. The molecule has 3 aromatic rings. The number of aromatic hydroxyl groups is 1. The molecule has 3 aromatic carbocycles. The van der Waals surface area contributed by atoms with Gasteiger partial charge in [-0.1, -0.05) is 37.3 Å². The number of hydrazone groups is 1. The van der Waals surface area contributed by atoms with Gasteiger partial charge in [-0.05, 0) is 86.2 Å². The van der Waals surface area contributed by atoms with E-state index in [0.717, 1.165) is 22.8 Å². The molecular weight excluding hydrogens is 398 g/mol. The predicted molar refractivity (Wildman–Crippen MR) is 132 cm³/mol. The Bertz CT molecular complexity index is 1200. The summed E-state index contributed by atoms with van der Waals surface area (Å²) in [6.07, 6.45) is 2.74. The molecule has 0 spiro atoms. The Balaban J connectivity index is 1.54. The summed E-state index contributed by atoms with van der Waals surface area (Å²) in [7, 11) is 0. The Morgan fingerprint density at radius 1 is 1.16 bits per heavy atom. The lowest BCUT2D eigenvalue weighted by Crippen LogP contribution is -2.51. The maximum atomic E-state index is 12.6. The summed E-state index contributed by atoms with van der Waals surface area (Å²) in [6.45, 7) is 11.3. The number of phenolic OH excluding ortho intramolecular Hbond substituents is 1. The van der Waals surface area contributed by atoms with Gasteiger partial charge in [-0.3, -0.25) is 4.79 Å². The first kappa shape index (κ1) is 21.9. The summed E-state index contributed by atoms with van der Waals surface area (Å²) in [5.41, 5.74) is 6.36. The molecular formula is C27H31N3O2. The lowest BCUT2D eigenvalue weighted by molar-refractivity contribution is 0.0952. The molecule has 32 heavy (non-hydrogen) atoms. The minimum Gasteiger partial charge on any atom is -0.507 e. The van der Waals surface area contributed by atoms with Crippen molar-refractivity contribution in [1.82, 2.24) is 5.43 Å². The Kier molecular flexibility index (Phi) is 5.68. The summed E-state index contributed by atoms with van der Waals surface area (Å²) in [4.78, 5) is 15.1. The van der Waals surface area contributed by atoms with Crippen LogP contribution in [0.1, 0.15) is 68.4 Å². The largest absolute Gasteiger partial charge is 0.507 e. The van der Waals surface area contributed by atoms with Crippen molar-refractivity contribution in [2.45, 2.75) is 58.5 Å². The molecule has 1 amide bonds. The second kappa shape index (κ2) is 8.30. The quantitative estimate of drug-likeness (QED) is 0.406. The van der Waals surface area contributed by atoms with Crippen molar-refractivity contribution in [3.63, 3.8) is 0 Å². The maximum Gasteiger partial charge on any atom is 0.275 e. The highest BCUT2D eigenvalue weighted by atomic mass is 16.3.